The van der Waals surface area contributed by atoms with Gasteiger partial charge in [0.05, 0.1) is 6.61 Å². The normalized spacial score (nSPS) is 11.9. The van der Waals surface area contributed by atoms with Crippen LogP contribution in [0.4, 0.5) is 0 Å². The molecule has 5 heteroatoms. The highest BCUT2D eigenvalue weighted by molar-refractivity contribution is 5.84. The Labute approximate surface area is 132 Å². The van der Waals surface area contributed by atoms with E-state index in [0.29, 0.717) is 18.3 Å². The zero-order chi connectivity index (χ0) is 16.7. The number of carbonyl (C=O) groups excluding carboxylic acids is 2. The van der Waals surface area contributed by atoms with Crippen LogP contribution in [0.2, 0.25) is 0 Å². The van der Waals surface area contributed by atoms with E-state index in [1.54, 1.807) is 20.9 Å². The average molecular weight is 307 g/mol. The predicted octanol–water partition coefficient (Wildman–Crippen LogP) is 2.60. The molecule has 1 atom stereocenters. The second-order valence-corrected chi connectivity index (χ2v) is 5.45. The van der Waals surface area contributed by atoms with Gasteiger partial charge in [0.1, 0.15) is 12.3 Å². The zero-order valence-corrected chi connectivity index (χ0v) is 14.0. The van der Waals surface area contributed by atoms with Crippen molar-refractivity contribution in [3.8, 4) is 5.75 Å². The first-order chi connectivity index (χ1) is 10.4. The average Bonchev–Trinajstić information content (AvgIpc) is 2.46. The molecular weight excluding hydrogens is 282 g/mol. The second kappa shape index (κ2) is 8.41. The quantitative estimate of drug-likeness (QED) is 0.727. The van der Waals surface area contributed by atoms with Crippen LogP contribution in [0.25, 0.3) is 0 Å². The molecule has 0 heterocycles. The lowest BCUT2D eigenvalue weighted by Crippen LogP contribution is -2.41. The molecular formula is C17H25NO4. The Morgan fingerprint density at radius 3 is 2.41 bits per heavy atom. The molecule has 1 aromatic rings. The summed E-state index contributed by atoms with van der Waals surface area (Å²) < 4.78 is 10.6. The molecule has 0 radical (unpaired) electrons. The fraction of sp³-hybridized carbons (Fsp3) is 0.529. The van der Waals surface area contributed by atoms with Crippen molar-refractivity contribution >= 4 is 11.9 Å². The third kappa shape index (κ3) is 5.06. The number of hydrogen-bond acceptors (Lipinski definition) is 4. The topological polar surface area (TPSA) is 55.8 Å². The largest absolute Gasteiger partial charge is 0.481 e. The van der Waals surface area contributed by atoms with Crippen LogP contribution < -0.4 is 4.74 Å². The van der Waals surface area contributed by atoms with Gasteiger partial charge in [-0.15, -0.1) is 0 Å². The molecule has 0 aliphatic heterocycles. The first kappa shape index (κ1) is 18.0. The van der Waals surface area contributed by atoms with Gasteiger partial charge < -0.3 is 14.4 Å². The third-order valence-corrected chi connectivity index (χ3v) is 3.24. The summed E-state index contributed by atoms with van der Waals surface area (Å²) in [5, 5.41) is 0. The number of carbonyl (C=O) groups is 2. The van der Waals surface area contributed by atoms with Gasteiger partial charge in [-0.3, -0.25) is 9.59 Å². The number of esters is 1. The fourth-order valence-corrected chi connectivity index (χ4v) is 2.09. The Kier molecular flexibility index (Phi) is 6.89. The van der Waals surface area contributed by atoms with E-state index in [2.05, 4.69) is 13.8 Å². The van der Waals surface area contributed by atoms with Crippen molar-refractivity contribution in [2.75, 3.05) is 20.2 Å². The highest BCUT2D eigenvalue weighted by atomic mass is 16.5. The summed E-state index contributed by atoms with van der Waals surface area (Å²) in [5.74, 6) is 0.318. The van der Waals surface area contributed by atoms with E-state index in [4.69, 9.17) is 9.47 Å². The number of para-hydroxylation sites is 1. The number of rotatable bonds is 7. The molecule has 0 saturated heterocycles. The Balaban J connectivity index is 2.70. The Bertz CT molecular complexity index is 513. The van der Waals surface area contributed by atoms with E-state index in [1.807, 2.05) is 24.3 Å². The number of likely N-dealkylation sites (N-methyl/N-ethyl adjacent to an activating group) is 1. The summed E-state index contributed by atoms with van der Waals surface area (Å²) in [5.41, 5.74) is 1.05. The van der Waals surface area contributed by atoms with E-state index in [-0.39, 0.29) is 12.5 Å². The fourth-order valence-electron chi connectivity index (χ4n) is 2.09. The molecule has 0 aromatic heterocycles. The molecule has 0 saturated carbocycles. The summed E-state index contributed by atoms with van der Waals surface area (Å²) in [6.45, 7) is 7.78. The number of nitrogens with zero attached hydrogens (tertiary/aromatic N) is 1. The Morgan fingerprint density at radius 2 is 1.82 bits per heavy atom. The number of ether oxygens (including phenoxy) is 2. The maximum atomic E-state index is 12.3. The van der Waals surface area contributed by atoms with Crippen LogP contribution in [0.3, 0.4) is 0 Å². The van der Waals surface area contributed by atoms with Crippen molar-refractivity contribution in [1.29, 1.82) is 0 Å². The van der Waals surface area contributed by atoms with Crippen molar-refractivity contribution in [3.05, 3.63) is 29.8 Å². The molecule has 0 spiro atoms. The summed E-state index contributed by atoms with van der Waals surface area (Å²) in [4.78, 5) is 25.0. The molecule has 1 unspecified atom stereocenters. The monoisotopic (exact) mass is 307 g/mol. The zero-order valence-electron chi connectivity index (χ0n) is 14.0. The third-order valence-electron chi connectivity index (χ3n) is 3.24. The van der Waals surface area contributed by atoms with Gasteiger partial charge in [0.2, 0.25) is 0 Å². The van der Waals surface area contributed by atoms with Gasteiger partial charge in [-0.05, 0) is 31.4 Å². The molecule has 1 rings (SSSR count). The van der Waals surface area contributed by atoms with Gasteiger partial charge in [0.25, 0.3) is 5.91 Å². The van der Waals surface area contributed by atoms with Crippen LogP contribution in [0, 0.1) is 0 Å². The molecule has 5 nitrogen and oxygen atoms in total. The smallest absolute Gasteiger partial charge is 0.325 e. The lowest BCUT2D eigenvalue weighted by atomic mass is 10.0. The highest BCUT2D eigenvalue weighted by Gasteiger charge is 2.22. The number of hydrogen-bond donors (Lipinski definition) is 0. The Morgan fingerprint density at radius 1 is 1.18 bits per heavy atom. The van der Waals surface area contributed by atoms with E-state index < -0.39 is 12.1 Å². The summed E-state index contributed by atoms with van der Waals surface area (Å²) in [7, 11) is 1.56. The summed E-state index contributed by atoms with van der Waals surface area (Å²) in [6, 6.07) is 7.66. The molecule has 0 aliphatic rings. The van der Waals surface area contributed by atoms with Gasteiger partial charge in [-0.25, -0.2) is 0 Å². The van der Waals surface area contributed by atoms with Crippen molar-refractivity contribution in [1.82, 2.24) is 4.90 Å². The Hall–Kier alpha value is -2.04. The van der Waals surface area contributed by atoms with Crippen LogP contribution >= 0.6 is 0 Å². The second-order valence-electron chi connectivity index (χ2n) is 5.45. The first-order valence-electron chi connectivity index (χ1n) is 7.53. The molecule has 0 fully saturated rings. The minimum absolute atomic E-state index is 0.0772. The SMILES string of the molecule is CCOC(=O)CN(C)C(=O)C(C)Oc1ccccc1C(C)C. The maximum absolute atomic E-state index is 12.3. The molecule has 122 valence electrons. The van der Waals surface area contributed by atoms with E-state index in [0.717, 1.165) is 5.56 Å². The first-order valence-corrected chi connectivity index (χ1v) is 7.53. The minimum atomic E-state index is -0.667. The van der Waals surface area contributed by atoms with E-state index in [1.165, 1.54) is 4.90 Å². The minimum Gasteiger partial charge on any atom is -0.481 e. The molecule has 1 aromatic carbocycles. The highest BCUT2D eigenvalue weighted by Crippen LogP contribution is 2.26. The van der Waals surface area contributed by atoms with Crippen LogP contribution in [-0.2, 0) is 14.3 Å². The van der Waals surface area contributed by atoms with Gasteiger partial charge in [-0.1, -0.05) is 32.0 Å². The van der Waals surface area contributed by atoms with E-state index >= 15 is 0 Å². The van der Waals surface area contributed by atoms with Crippen molar-refractivity contribution in [2.45, 2.75) is 39.7 Å². The van der Waals surface area contributed by atoms with Crippen LogP contribution in [0.15, 0.2) is 24.3 Å². The maximum Gasteiger partial charge on any atom is 0.325 e. The van der Waals surface area contributed by atoms with Crippen LogP contribution in [0.5, 0.6) is 5.75 Å². The van der Waals surface area contributed by atoms with Gasteiger partial charge in [-0.2, -0.15) is 0 Å². The standard InChI is InChI=1S/C17H25NO4/c1-6-21-16(19)11-18(5)17(20)13(4)22-15-10-8-7-9-14(15)12(2)3/h7-10,12-13H,6,11H2,1-5H3. The summed E-state index contributed by atoms with van der Waals surface area (Å²) >= 11 is 0. The molecule has 0 aliphatic carbocycles. The van der Waals surface area contributed by atoms with Crippen LogP contribution in [0.1, 0.15) is 39.2 Å². The summed E-state index contributed by atoms with van der Waals surface area (Å²) in [6.07, 6.45) is -0.667. The molecule has 0 bridgehead atoms. The molecule has 22 heavy (non-hydrogen) atoms. The van der Waals surface area contributed by atoms with Crippen molar-refractivity contribution in [3.63, 3.8) is 0 Å². The molecule has 1 amide bonds. The number of amides is 1. The van der Waals surface area contributed by atoms with Crippen LogP contribution in [-0.4, -0.2) is 43.1 Å². The van der Waals surface area contributed by atoms with Crippen molar-refractivity contribution in [2.24, 2.45) is 0 Å². The van der Waals surface area contributed by atoms with Gasteiger partial charge in [0.15, 0.2) is 6.10 Å². The van der Waals surface area contributed by atoms with Gasteiger partial charge in [0, 0.05) is 7.05 Å². The van der Waals surface area contributed by atoms with Gasteiger partial charge >= 0.3 is 5.97 Å². The lowest BCUT2D eigenvalue weighted by molar-refractivity contribution is -0.150. The number of benzene rings is 1. The predicted molar refractivity (Wildman–Crippen MR) is 84.9 cm³/mol. The van der Waals surface area contributed by atoms with Crippen molar-refractivity contribution < 1.29 is 19.1 Å². The molecule has 0 N–H and O–H groups in total. The van der Waals surface area contributed by atoms with E-state index in [9.17, 15) is 9.59 Å². The lowest BCUT2D eigenvalue weighted by Gasteiger charge is -2.23.